The van der Waals surface area contributed by atoms with Gasteiger partial charge in [0.2, 0.25) is 5.91 Å². The molecule has 1 saturated heterocycles. The standard InChI is InChI=1S/C23H25N3O4/c1-4-14-25-20(15-21(27)24-17-8-12-19(13-9-17)30-5-2)22(28)26(23(25)29)18-10-6-16(3)7-11-18/h4,6-13,20H,1,5,14-15H2,2-3H3,(H,24,27). The van der Waals surface area contributed by atoms with Crippen molar-refractivity contribution in [1.29, 1.82) is 0 Å². The lowest BCUT2D eigenvalue weighted by Crippen LogP contribution is -2.38. The second-order valence-corrected chi connectivity index (χ2v) is 6.96. The third-order valence-corrected chi connectivity index (χ3v) is 4.76. The molecule has 0 spiro atoms. The number of benzene rings is 2. The highest BCUT2D eigenvalue weighted by molar-refractivity contribution is 6.22. The Balaban J connectivity index is 1.74. The molecule has 1 atom stereocenters. The molecule has 4 amide bonds. The average Bonchev–Trinajstić information content (AvgIpc) is 2.95. The van der Waals surface area contributed by atoms with E-state index in [0.717, 1.165) is 10.5 Å². The Labute approximate surface area is 175 Å². The quantitative estimate of drug-likeness (QED) is 0.534. The van der Waals surface area contributed by atoms with Crippen LogP contribution in [0.15, 0.2) is 61.2 Å². The molecule has 7 heteroatoms. The molecule has 156 valence electrons. The first-order chi connectivity index (χ1) is 14.4. The van der Waals surface area contributed by atoms with E-state index in [9.17, 15) is 14.4 Å². The molecule has 0 radical (unpaired) electrons. The SMILES string of the molecule is C=CCN1C(=O)N(c2ccc(C)cc2)C(=O)C1CC(=O)Nc1ccc(OCC)cc1. The fraction of sp³-hybridized carbons (Fsp3) is 0.261. The summed E-state index contributed by atoms with van der Waals surface area (Å²) in [5, 5.41) is 2.77. The smallest absolute Gasteiger partial charge is 0.332 e. The van der Waals surface area contributed by atoms with Crippen LogP contribution in [0.1, 0.15) is 18.9 Å². The summed E-state index contributed by atoms with van der Waals surface area (Å²) >= 11 is 0. The van der Waals surface area contributed by atoms with Gasteiger partial charge in [-0.15, -0.1) is 6.58 Å². The van der Waals surface area contributed by atoms with Gasteiger partial charge in [-0.1, -0.05) is 23.8 Å². The van der Waals surface area contributed by atoms with Gasteiger partial charge in [-0.3, -0.25) is 9.59 Å². The molecular weight excluding hydrogens is 382 g/mol. The molecule has 30 heavy (non-hydrogen) atoms. The van der Waals surface area contributed by atoms with Gasteiger partial charge < -0.3 is 15.0 Å². The molecule has 1 aliphatic rings. The highest BCUT2D eigenvalue weighted by Gasteiger charge is 2.46. The number of imide groups is 1. The van der Waals surface area contributed by atoms with E-state index in [4.69, 9.17) is 4.74 Å². The summed E-state index contributed by atoms with van der Waals surface area (Å²) in [7, 11) is 0. The maximum atomic E-state index is 13.0. The Morgan fingerprint density at radius 2 is 1.80 bits per heavy atom. The number of carbonyl (C=O) groups excluding carboxylic acids is 3. The number of rotatable bonds is 8. The number of anilines is 2. The summed E-state index contributed by atoms with van der Waals surface area (Å²) in [5.41, 5.74) is 2.09. The lowest BCUT2D eigenvalue weighted by molar-refractivity contribution is -0.124. The molecule has 0 bridgehead atoms. The summed E-state index contributed by atoms with van der Waals surface area (Å²) in [6.07, 6.45) is 1.40. The Bertz CT molecular complexity index is 938. The van der Waals surface area contributed by atoms with Crippen molar-refractivity contribution < 1.29 is 19.1 Å². The summed E-state index contributed by atoms with van der Waals surface area (Å²) in [5.74, 6) is -0.0735. The van der Waals surface area contributed by atoms with Crippen LogP contribution >= 0.6 is 0 Å². The number of nitrogens with one attached hydrogen (secondary N) is 1. The van der Waals surface area contributed by atoms with Gasteiger partial charge in [-0.2, -0.15) is 0 Å². The van der Waals surface area contributed by atoms with Crippen molar-refractivity contribution in [2.24, 2.45) is 0 Å². The van der Waals surface area contributed by atoms with Crippen molar-refractivity contribution in [2.75, 3.05) is 23.4 Å². The van der Waals surface area contributed by atoms with E-state index in [-0.39, 0.29) is 18.9 Å². The van der Waals surface area contributed by atoms with Gasteiger partial charge in [-0.05, 0) is 50.2 Å². The second-order valence-electron chi connectivity index (χ2n) is 6.96. The number of aryl methyl sites for hydroxylation is 1. The fourth-order valence-electron chi connectivity index (χ4n) is 3.30. The number of nitrogens with zero attached hydrogens (tertiary/aromatic N) is 2. The largest absolute Gasteiger partial charge is 0.494 e. The van der Waals surface area contributed by atoms with Crippen molar-refractivity contribution in [1.82, 2.24) is 4.90 Å². The highest BCUT2D eigenvalue weighted by atomic mass is 16.5. The predicted octanol–water partition coefficient (Wildman–Crippen LogP) is 3.75. The minimum atomic E-state index is -0.889. The van der Waals surface area contributed by atoms with E-state index in [0.29, 0.717) is 23.7 Å². The Kier molecular flexibility index (Phi) is 6.51. The molecule has 7 nitrogen and oxygen atoms in total. The monoisotopic (exact) mass is 407 g/mol. The van der Waals surface area contributed by atoms with Crippen LogP contribution in [-0.4, -0.2) is 41.9 Å². The maximum absolute atomic E-state index is 13.0. The molecule has 2 aromatic rings. The van der Waals surface area contributed by atoms with Crippen molar-refractivity contribution in [2.45, 2.75) is 26.3 Å². The third-order valence-electron chi connectivity index (χ3n) is 4.76. The van der Waals surface area contributed by atoms with Gasteiger partial charge in [0, 0.05) is 12.2 Å². The minimum Gasteiger partial charge on any atom is -0.494 e. The van der Waals surface area contributed by atoms with Crippen LogP contribution in [0.2, 0.25) is 0 Å². The predicted molar refractivity (Wildman–Crippen MR) is 116 cm³/mol. The van der Waals surface area contributed by atoms with Crippen molar-refractivity contribution in [3.63, 3.8) is 0 Å². The highest BCUT2D eigenvalue weighted by Crippen LogP contribution is 2.27. The fourth-order valence-corrected chi connectivity index (χ4v) is 3.30. The number of hydrogen-bond acceptors (Lipinski definition) is 4. The molecule has 0 saturated carbocycles. The van der Waals surface area contributed by atoms with E-state index in [1.165, 1.54) is 4.90 Å². The number of ether oxygens (including phenoxy) is 1. The zero-order valence-corrected chi connectivity index (χ0v) is 17.1. The van der Waals surface area contributed by atoms with Crippen LogP contribution in [0.5, 0.6) is 5.75 Å². The lowest BCUT2D eigenvalue weighted by Gasteiger charge is -2.19. The Morgan fingerprint density at radius 3 is 2.40 bits per heavy atom. The third kappa shape index (κ3) is 4.51. The van der Waals surface area contributed by atoms with Gasteiger partial charge in [0.05, 0.1) is 18.7 Å². The lowest BCUT2D eigenvalue weighted by atomic mass is 10.1. The molecule has 1 heterocycles. The Morgan fingerprint density at radius 1 is 1.13 bits per heavy atom. The summed E-state index contributed by atoms with van der Waals surface area (Å²) in [4.78, 5) is 41.0. The van der Waals surface area contributed by atoms with Crippen LogP contribution in [0, 0.1) is 6.92 Å². The molecule has 1 aliphatic heterocycles. The van der Waals surface area contributed by atoms with Crippen LogP contribution in [0.25, 0.3) is 0 Å². The van der Waals surface area contributed by atoms with E-state index in [1.807, 2.05) is 26.0 Å². The van der Waals surface area contributed by atoms with E-state index in [1.54, 1.807) is 42.5 Å². The first-order valence-electron chi connectivity index (χ1n) is 9.79. The van der Waals surface area contributed by atoms with E-state index < -0.39 is 18.0 Å². The van der Waals surface area contributed by atoms with Gasteiger partial charge in [0.1, 0.15) is 11.8 Å². The van der Waals surface area contributed by atoms with Gasteiger partial charge in [0.25, 0.3) is 5.91 Å². The van der Waals surface area contributed by atoms with Crippen molar-refractivity contribution in [3.05, 3.63) is 66.7 Å². The van der Waals surface area contributed by atoms with Gasteiger partial charge in [-0.25, -0.2) is 9.69 Å². The first-order valence-corrected chi connectivity index (χ1v) is 9.79. The molecule has 0 aliphatic carbocycles. The molecular formula is C23H25N3O4. The van der Waals surface area contributed by atoms with Crippen LogP contribution < -0.4 is 15.0 Å². The molecule has 1 unspecified atom stereocenters. The molecule has 1 N–H and O–H groups in total. The van der Waals surface area contributed by atoms with Crippen molar-refractivity contribution in [3.8, 4) is 5.75 Å². The van der Waals surface area contributed by atoms with Crippen LogP contribution in [0.3, 0.4) is 0 Å². The van der Waals surface area contributed by atoms with Crippen LogP contribution in [-0.2, 0) is 9.59 Å². The first kappa shape index (κ1) is 21.1. The molecule has 2 aromatic carbocycles. The molecule has 3 rings (SSSR count). The van der Waals surface area contributed by atoms with E-state index in [2.05, 4.69) is 11.9 Å². The van der Waals surface area contributed by atoms with Crippen LogP contribution in [0.4, 0.5) is 16.2 Å². The number of urea groups is 1. The normalized spacial score (nSPS) is 16.0. The Hall–Kier alpha value is -3.61. The topological polar surface area (TPSA) is 79.0 Å². The minimum absolute atomic E-state index is 0.145. The maximum Gasteiger partial charge on any atom is 0.332 e. The number of carbonyl (C=O) groups is 3. The summed E-state index contributed by atoms with van der Waals surface area (Å²) in [6.45, 7) is 8.21. The number of amides is 4. The van der Waals surface area contributed by atoms with Gasteiger partial charge in [0.15, 0.2) is 0 Å². The zero-order valence-electron chi connectivity index (χ0n) is 17.1. The van der Waals surface area contributed by atoms with E-state index >= 15 is 0 Å². The zero-order chi connectivity index (χ0) is 21.7. The molecule has 1 fully saturated rings. The number of hydrogen-bond donors (Lipinski definition) is 1. The van der Waals surface area contributed by atoms with Crippen molar-refractivity contribution >= 4 is 29.2 Å². The summed E-state index contributed by atoms with van der Waals surface area (Å²) in [6, 6.07) is 12.7. The second kappa shape index (κ2) is 9.26. The molecule has 0 aromatic heterocycles. The summed E-state index contributed by atoms with van der Waals surface area (Å²) < 4.78 is 5.39. The van der Waals surface area contributed by atoms with Gasteiger partial charge >= 0.3 is 6.03 Å². The average molecular weight is 407 g/mol.